The average Bonchev–Trinajstić information content (AvgIpc) is 2.68. The molecule has 3 aromatic rings. The molecule has 1 aliphatic heterocycles. The maximum Gasteiger partial charge on any atom is 0.573 e. The standard InChI is InChI=1S/C22H20F3N3O3/c23-22(24,25)31-16-7-5-6-15(13-16)26-20(29)14-9-10-17-18(12-14)27-19-8-3-1-2-4-11-28(19)21(17)30/h5-7,9-10,12-13H,1-4,8,11H2,(H,26,29). The lowest BCUT2D eigenvalue weighted by molar-refractivity contribution is -0.274. The molecule has 0 aliphatic carbocycles. The minimum atomic E-state index is -4.82. The van der Waals surface area contributed by atoms with Crippen molar-refractivity contribution in [3.8, 4) is 5.75 Å². The monoisotopic (exact) mass is 431 g/mol. The second kappa shape index (κ2) is 8.41. The van der Waals surface area contributed by atoms with Gasteiger partial charge >= 0.3 is 6.36 Å². The normalized spacial score (nSPS) is 14.4. The molecule has 2 heterocycles. The van der Waals surface area contributed by atoms with Crippen LogP contribution in [0.2, 0.25) is 0 Å². The van der Waals surface area contributed by atoms with E-state index in [-0.39, 0.29) is 16.8 Å². The van der Waals surface area contributed by atoms with Gasteiger partial charge in [0.05, 0.1) is 10.9 Å². The molecule has 4 rings (SSSR count). The number of halogens is 3. The van der Waals surface area contributed by atoms with Gasteiger partial charge < -0.3 is 10.1 Å². The van der Waals surface area contributed by atoms with Gasteiger partial charge in [0, 0.05) is 30.3 Å². The van der Waals surface area contributed by atoms with E-state index in [0.29, 0.717) is 29.7 Å². The van der Waals surface area contributed by atoms with Crippen molar-refractivity contribution in [2.24, 2.45) is 0 Å². The number of hydrogen-bond acceptors (Lipinski definition) is 4. The summed E-state index contributed by atoms with van der Waals surface area (Å²) in [6.45, 7) is 0.635. The van der Waals surface area contributed by atoms with Crippen LogP contribution in [-0.2, 0) is 13.0 Å². The van der Waals surface area contributed by atoms with Crippen molar-refractivity contribution in [1.29, 1.82) is 0 Å². The third kappa shape index (κ3) is 4.87. The van der Waals surface area contributed by atoms with Gasteiger partial charge in [-0.2, -0.15) is 0 Å². The van der Waals surface area contributed by atoms with Gasteiger partial charge in [-0.25, -0.2) is 4.98 Å². The van der Waals surface area contributed by atoms with Crippen LogP contribution in [0.25, 0.3) is 10.9 Å². The molecule has 2 aromatic carbocycles. The summed E-state index contributed by atoms with van der Waals surface area (Å²) < 4.78 is 42.8. The van der Waals surface area contributed by atoms with Gasteiger partial charge in [-0.3, -0.25) is 14.2 Å². The first-order valence-electron chi connectivity index (χ1n) is 10.0. The second-order valence-electron chi connectivity index (χ2n) is 7.41. The minimum Gasteiger partial charge on any atom is -0.406 e. The quantitative estimate of drug-likeness (QED) is 0.655. The molecule has 9 heteroatoms. The zero-order valence-electron chi connectivity index (χ0n) is 16.5. The van der Waals surface area contributed by atoms with Gasteiger partial charge in [0.15, 0.2) is 0 Å². The molecule has 0 bridgehead atoms. The van der Waals surface area contributed by atoms with Crippen molar-refractivity contribution in [3.63, 3.8) is 0 Å². The Balaban J connectivity index is 1.61. The van der Waals surface area contributed by atoms with E-state index in [9.17, 15) is 22.8 Å². The first kappa shape index (κ1) is 20.9. The molecule has 0 unspecified atom stereocenters. The predicted octanol–water partition coefficient (Wildman–Crippen LogP) is 4.66. The maximum absolute atomic E-state index is 12.9. The molecule has 0 fully saturated rings. The zero-order valence-corrected chi connectivity index (χ0v) is 16.5. The van der Waals surface area contributed by atoms with Gasteiger partial charge in [0.1, 0.15) is 11.6 Å². The number of rotatable bonds is 3. The Bertz CT molecular complexity index is 1190. The molecule has 0 saturated heterocycles. The van der Waals surface area contributed by atoms with E-state index < -0.39 is 18.0 Å². The first-order chi connectivity index (χ1) is 14.8. The van der Waals surface area contributed by atoms with Gasteiger partial charge in [-0.15, -0.1) is 13.2 Å². The Morgan fingerprint density at radius 1 is 1.06 bits per heavy atom. The Kier molecular flexibility index (Phi) is 5.67. The molecular formula is C22H20F3N3O3. The van der Waals surface area contributed by atoms with Crippen molar-refractivity contribution in [1.82, 2.24) is 9.55 Å². The number of aromatic nitrogens is 2. The van der Waals surface area contributed by atoms with Crippen LogP contribution in [0.3, 0.4) is 0 Å². The smallest absolute Gasteiger partial charge is 0.406 e. The highest BCUT2D eigenvalue weighted by atomic mass is 19.4. The highest BCUT2D eigenvalue weighted by Crippen LogP contribution is 2.25. The SMILES string of the molecule is O=C(Nc1cccc(OC(F)(F)F)c1)c1ccc2c(=O)n3c(nc2c1)CCCCCC3. The number of hydrogen-bond donors (Lipinski definition) is 1. The highest BCUT2D eigenvalue weighted by molar-refractivity contribution is 6.06. The van der Waals surface area contributed by atoms with Crippen molar-refractivity contribution in [2.75, 3.05) is 5.32 Å². The Morgan fingerprint density at radius 3 is 2.68 bits per heavy atom. The van der Waals surface area contributed by atoms with Gasteiger partial charge in [-0.05, 0) is 43.2 Å². The van der Waals surface area contributed by atoms with Gasteiger partial charge in [0.2, 0.25) is 0 Å². The number of carbonyl (C=O) groups excluding carboxylic acids is 1. The van der Waals surface area contributed by atoms with Gasteiger partial charge in [0.25, 0.3) is 11.5 Å². The van der Waals surface area contributed by atoms with Crippen molar-refractivity contribution in [2.45, 2.75) is 45.0 Å². The Labute approximate surface area is 175 Å². The molecule has 0 saturated carbocycles. The third-order valence-corrected chi connectivity index (χ3v) is 5.15. The van der Waals surface area contributed by atoms with Crippen LogP contribution < -0.4 is 15.6 Å². The molecule has 1 aromatic heterocycles. The fourth-order valence-corrected chi connectivity index (χ4v) is 3.71. The van der Waals surface area contributed by atoms with E-state index >= 15 is 0 Å². The van der Waals surface area contributed by atoms with Crippen LogP contribution in [0.15, 0.2) is 47.3 Å². The second-order valence-corrected chi connectivity index (χ2v) is 7.41. The topological polar surface area (TPSA) is 73.2 Å². The van der Waals surface area contributed by atoms with Crippen LogP contribution in [0, 0.1) is 0 Å². The number of ether oxygens (including phenoxy) is 1. The number of anilines is 1. The molecule has 1 amide bonds. The summed E-state index contributed by atoms with van der Waals surface area (Å²) in [7, 11) is 0. The van der Waals surface area contributed by atoms with Crippen LogP contribution in [0.5, 0.6) is 5.75 Å². The third-order valence-electron chi connectivity index (χ3n) is 5.15. The minimum absolute atomic E-state index is 0.120. The summed E-state index contributed by atoms with van der Waals surface area (Å²) in [5, 5.41) is 2.98. The van der Waals surface area contributed by atoms with Crippen molar-refractivity contribution in [3.05, 3.63) is 64.2 Å². The average molecular weight is 431 g/mol. The number of amides is 1. The summed E-state index contributed by atoms with van der Waals surface area (Å²) in [5.41, 5.74) is 0.708. The summed E-state index contributed by atoms with van der Waals surface area (Å²) in [6.07, 6.45) is -0.0663. The molecule has 1 N–H and O–H groups in total. The van der Waals surface area contributed by atoms with Crippen LogP contribution >= 0.6 is 0 Å². The lowest BCUT2D eigenvalue weighted by Crippen LogP contribution is -2.26. The fourth-order valence-electron chi connectivity index (χ4n) is 3.71. The van der Waals surface area contributed by atoms with Crippen LogP contribution in [0.1, 0.15) is 41.9 Å². The Hall–Kier alpha value is -3.36. The number of nitrogens with zero attached hydrogens (tertiary/aromatic N) is 2. The molecule has 0 radical (unpaired) electrons. The lowest BCUT2D eigenvalue weighted by Gasteiger charge is -2.16. The summed E-state index contributed by atoms with van der Waals surface area (Å²) in [6, 6.07) is 9.63. The number of nitrogens with one attached hydrogen (secondary N) is 1. The number of carbonyl (C=O) groups is 1. The number of alkyl halides is 3. The molecule has 162 valence electrons. The molecule has 6 nitrogen and oxygen atoms in total. The fraction of sp³-hybridized carbons (Fsp3) is 0.318. The summed E-state index contributed by atoms with van der Waals surface area (Å²) in [4.78, 5) is 30.1. The Morgan fingerprint density at radius 2 is 1.87 bits per heavy atom. The maximum atomic E-state index is 12.9. The van der Waals surface area contributed by atoms with Crippen molar-refractivity contribution >= 4 is 22.5 Å². The van der Waals surface area contributed by atoms with Crippen molar-refractivity contribution < 1.29 is 22.7 Å². The number of fused-ring (bicyclic) bond motifs is 2. The largest absolute Gasteiger partial charge is 0.573 e. The van der Waals surface area contributed by atoms with E-state index in [4.69, 9.17) is 0 Å². The van der Waals surface area contributed by atoms with E-state index in [1.807, 2.05) is 0 Å². The first-order valence-corrected chi connectivity index (χ1v) is 10.0. The molecule has 0 atom stereocenters. The number of aryl methyl sites for hydroxylation is 1. The predicted molar refractivity (Wildman–Crippen MR) is 109 cm³/mol. The summed E-state index contributed by atoms with van der Waals surface area (Å²) in [5.74, 6) is -0.247. The molecule has 0 spiro atoms. The van der Waals surface area contributed by atoms with Crippen LogP contribution in [-0.4, -0.2) is 21.8 Å². The van der Waals surface area contributed by atoms with Gasteiger partial charge in [-0.1, -0.05) is 18.9 Å². The summed E-state index contributed by atoms with van der Waals surface area (Å²) >= 11 is 0. The van der Waals surface area contributed by atoms with E-state index in [2.05, 4.69) is 15.0 Å². The lowest BCUT2D eigenvalue weighted by atomic mass is 10.1. The van der Waals surface area contributed by atoms with E-state index in [1.165, 1.54) is 24.3 Å². The molecule has 1 aliphatic rings. The van der Waals surface area contributed by atoms with Crippen LogP contribution in [0.4, 0.5) is 18.9 Å². The van der Waals surface area contributed by atoms with E-state index in [0.717, 1.165) is 37.8 Å². The zero-order chi connectivity index (χ0) is 22.0. The number of benzene rings is 2. The van der Waals surface area contributed by atoms with E-state index in [1.54, 1.807) is 10.6 Å². The highest BCUT2D eigenvalue weighted by Gasteiger charge is 2.31. The molecule has 31 heavy (non-hydrogen) atoms. The molecular weight excluding hydrogens is 411 g/mol.